The number of rotatable bonds is 10. The van der Waals surface area contributed by atoms with Gasteiger partial charge in [-0.3, -0.25) is 9.59 Å². The Morgan fingerprint density at radius 1 is 1.05 bits per heavy atom. The number of aryl methyl sites for hydroxylation is 1. The van der Waals surface area contributed by atoms with Gasteiger partial charge in [0.25, 0.3) is 5.91 Å². The number of aromatic nitrogens is 2. The Bertz CT molecular complexity index is 1420. The second-order valence-corrected chi connectivity index (χ2v) is 8.35. The molecule has 37 heavy (non-hydrogen) atoms. The highest BCUT2D eigenvalue weighted by molar-refractivity contribution is 5.93. The van der Waals surface area contributed by atoms with Crippen molar-refractivity contribution in [3.05, 3.63) is 107 Å². The first-order chi connectivity index (χ1) is 17.9. The fourth-order valence-corrected chi connectivity index (χ4v) is 3.92. The number of amides is 1. The molecular weight excluding hydrogens is 477 g/mol. The molecule has 0 aliphatic heterocycles. The minimum Gasteiger partial charge on any atom is -0.497 e. The third-order valence-corrected chi connectivity index (χ3v) is 5.76. The number of carboxylic acid groups (broad SMARTS) is 1. The molecule has 1 atom stereocenters. The Hall–Kier alpha value is -4.66. The van der Waals surface area contributed by atoms with Gasteiger partial charge in [-0.2, -0.15) is 9.78 Å². The monoisotopic (exact) mass is 503 g/mol. The SMILES string of the molecule is COc1cccc(COc2cc(C(=O)N[C@@H](CC(=O)O)c3ccccc3C)nn2-c2ccccc2F)c1. The van der Waals surface area contributed by atoms with E-state index in [9.17, 15) is 19.1 Å². The van der Waals surface area contributed by atoms with E-state index in [-0.39, 0.29) is 30.3 Å². The molecular formula is C28H26FN3O5. The van der Waals surface area contributed by atoms with Crippen molar-refractivity contribution in [2.24, 2.45) is 0 Å². The summed E-state index contributed by atoms with van der Waals surface area (Å²) in [5.41, 5.74) is 2.37. The molecule has 1 amide bonds. The summed E-state index contributed by atoms with van der Waals surface area (Å²) in [6.45, 7) is 1.96. The molecule has 0 radical (unpaired) electrons. The molecule has 0 aliphatic carbocycles. The Morgan fingerprint density at radius 3 is 2.54 bits per heavy atom. The molecule has 3 aromatic carbocycles. The predicted molar refractivity (Wildman–Crippen MR) is 134 cm³/mol. The first-order valence-electron chi connectivity index (χ1n) is 11.5. The van der Waals surface area contributed by atoms with E-state index in [4.69, 9.17) is 9.47 Å². The van der Waals surface area contributed by atoms with Crippen molar-refractivity contribution in [2.75, 3.05) is 7.11 Å². The lowest BCUT2D eigenvalue weighted by Gasteiger charge is -2.18. The standard InChI is InChI=1S/C28H26FN3O5/c1-18-8-3-4-11-21(18)23(16-27(33)34)30-28(35)24-15-26(32(31-24)25-13-6-5-12-22(25)29)37-17-19-9-7-10-20(14-19)36-2/h3-15,23H,16-17H2,1-2H3,(H,30,35)(H,33,34)/t23-/m0/s1. The Balaban J connectivity index is 1.65. The fraction of sp³-hybridized carbons (Fsp3) is 0.179. The maximum atomic E-state index is 14.6. The van der Waals surface area contributed by atoms with E-state index in [1.807, 2.05) is 31.2 Å². The van der Waals surface area contributed by atoms with Gasteiger partial charge in [-0.25, -0.2) is 4.39 Å². The number of halogens is 1. The van der Waals surface area contributed by atoms with Crippen molar-refractivity contribution in [3.8, 4) is 17.3 Å². The number of hydrogen-bond donors (Lipinski definition) is 2. The van der Waals surface area contributed by atoms with Gasteiger partial charge in [-0.15, -0.1) is 0 Å². The van der Waals surface area contributed by atoms with Gasteiger partial charge in [-0.05, 0) is 47.9 Å². The molecule has 0 fully saturated rings. The highest BCUT2D eigenvalue weighted by Crippen LogP contribution is 2.25. The van der Waals surface area contributed by atoms with Gasteiger partial charge >= 0.3 is 5.97 Å². The van der Waals surface area contributed by atoms with Crippen LogP contribution >= 0.6 is 0 Å². The van der Waals surface area contributed by atoms with Crippen molar-refractivity contribution in [2.45, 2.75) is 26.0 Å². The number of methoxy groups -OCH3 is 1. The maximum Gasteiger partial charge on any atom is 0.305 e. The highest BCUT2D eigenvalue weighted by atomic mass is 19.1. The zero-order valence-corrected chi connectivity index (χ0v) is 20.3. The van der Waals surface area contributed by atoms with Crippen LogP contribution in [0.2, 0.25) is 0 Å². The van der Waals surface area contributed by atoms with E-state index in [0.29, 0.717) is 11.3 Å². The minimum atomic E-state index is -1.06. The number of nitrogens with zero attached hydrogens (tertiary/aromatic N) is 2. The number of nitrogens with one attached hydrogen (secondary N) is 1. The third kappa shape index (κ3) is 6.13. The van der Waals surface area contributed by atoms with E-state index in [1.165, 1.54) is 22.9 Å². The number of para-hydroxylation sites is 1. The van der Waals surface area contributed by atoms with Gasteiger partial charge in [0.15, 0.2) is 5.69 Å². The van der Waals surface area contributed by atoms with E-state index in [0.717, 1.165) is 11.1 Å². The van der Waals surface area contributed by atoms with Crippen molar-refractivity contribution in [1.82, 2.24) is 15.1 Å². The van der Waals surface area contributed by atoms with Crippen LogP contribution in [0.5, 0.6) is 11.6 Å². The molecule has 0 bridgehead atoms. The van der Waals surface area contributed by atoms with Crippen molar-refractivity contribution in [1.29, 1.82) is 0 Å². The molecule has 9 heteroatoms. The summed E-state index contributed by atoms with van der Waals surface area (Å²) in [4.78, 5) is 24.7. The number of carbonyl (C=O) groups excluding carboxylic acids is 1. The van der Waals surface area contributed by atoms with E-state index in [1.54, 1.807) is 43.5 Å². The third-order valence-electron chi connectivity index (χ3n) is 5.76. The minimum absolute atomic E-state index is 0.0483. The fourth-order valence-electron chi connectivity index (χ4n) is 3.92. The zero-order chi connectivity index (χ0) is 26.4. The number of ether oxygens (including phenoxy) is 2. The molecule has 2 N–H and O–H groups in total. The van der Waals surface area contributed by atoms with Crippen LogP contribution in [0.25, 0.3) is 5.69 Å². The normalized spacial score (nSPS) is 11.5. The van der Waals surface area contributed by atoms with Gasteiger partial charge in [0, 0.05) is 6.07 Å². The molecule has 0 unspecified atom stereocenters. The number of benzene rings is 3. The molecule has 190 valence electrons. The van der Waals surface area contributed by atoms with Crippen LogP contribution in [0.3, 0.4) is 0 Å². The van der Waals surface area contributed by atoms with Gasteiger partial charge in [0.1, 0.15) is 23.9 Å². The summed E-state index contributed by atoms with van der Waals surface area (Å²) in [5.74, 6) is -1.43. The predicted octanol–water partition coefficient (Wildman–Crippen LogP) is 4.85. The van der Waals surface area contributed by atoms with Crippen molar-refractivity contribution in [3.63, 3.8) is 0 Å². The molecule has 8 nitrogen and oxygen atoms in total. The molecule has 0 spiro atoms. The van der Waals surface area contributed by atoms with E-state index < -0.39 is 23.7 Å². The van der Waals surface area contributed by atoms with Crippen LogP contribution in [-0.4, -0.2) is 33.9 Å². The molecule has 0 aliphatic rings. The average Bonchev–Trinajstić information content (AvgIpc) is 3.31. The average molecular weight is 504 g/mol. The number of hydrogen-bond acceptors (Lipinski definition) is 5. The van der Waals surface area contributed by atoms with E-state index in [2.05, 4.69) is 10.4 Å². The lowest BCUT2D eigenvalue weighted by atomic mass is 9.98. The number of aliphatic carboxylic acids is 1. The summed E-state index contributed by atoms with van der Waals surface area (Å²) >= 11 is 0. The lowest BCUT2D eigenvalue weighted by Crippen LogP contribution is -2.31. The van der Waals surface area contributed by atoms with E-state index >= 15 is 0 Å². The van der Waals surface area contributed by atoms with Crippen molar-refractivity contribution < 1.29 is 28.6 Å². The molecule has 0 saturated heterocycles. The molecule has 0 saturated carbocycles. The first kappa shape index (κ1) is 25.4. The summed E-state index contributed by atoms with van der Waals surface area (Å²) < 4.78 is 27.0. The van der Waals surface area contributed by atoms with Crippen LogP contribution in [0, 0.1) is 12.7 Å². The second-order valence-electron chi connectivity index (χ2n) is 8.35. The van der Waals surface area contributed by atoms with Gasteiger partial charge in [0.05, 0.1) is 19.6 Å². The maximum absolute atomic E-state index is 14.6. The molecule has 1 aromatic heterocycles. The van der Waals surface area contributed by atoms with Gasteiger partial charge in [0.2, 0.25) is 5.88 Å². The molecule has 4 aromatic rings. The van der Waals surface area contributed by atoms with Crippen LogP contribution in [0.15, 0.2) is 78.9 Å². The summed E-state index contributed by atoms with van der Waals surface area (Å²) in [6, 6.07) is 21.1. The van der Waals surface area contributed by atoms with Gasteiger partial charge in [-0.1, -0.05) is 48.5 Å². The van der Waals surface area contributed by atoms with Crippen LogP contribution in [0.4, 0.5) is 4.39 Å². The van der Waals surface area contributed by atoms with Crippen LogP contribution in [0.1, 0.15) is 39.6 Å². The first-order valence-corrected chi connectivity index (χ1v) is 11.5. The quantitative estimate of drug-likeness (QED) is 0.321. The van der Waals surface area contributed by atoms with Crippen molar-refractivity contribution >= 4 is 11.9 Å². The lowest BCUT2D eigenvalue weighted by molar-refractivity contribution is -0.137. The summed E-state index contributed by atoms with van der Waals surface area (Å²) in [6.07, 6.45) is -0.316. The van der Waals surface area contributed by atoms with Crippen LogP contribution in [-0.2, 0) is 11.4 Å². The molecule has 1 heterocycles. The summed E-state index contributed by atoms with van der Waals surface area (Å²) in [7, 11) is 1.56. The zero-order valence-electron chi connectivity index (χ0n) is 20.3. The Labute approximate surface area is 213 Å². The Kier molecular flexibility index (Phi) is 7.83. The number of carboxylic acids is 1. The topological polar surface area (TPSA) is 103 Å². The smallest absolute Gasteiger partial charge is 0.305 e. The summed E-state index contributed by atoms with van der Waals surface area (Å²) in [5, 5.41) is 16.5. The van der Waals surface area contributed by atoms with Gasteiger partial charge < -0.3 is 19.9 Å². The number of carbonyl (C=O) groups is 2. The largest absolute Gasteiger partial charge is 0.497 e. The highest BCUT2D eigenvalue weighted by Gasteiger charge is 2.24. The Morgan fingerprint density at radius 2 is 1.81 bits per heavy atom. The second kappa shape index (κ2) is 11.4. The van der Waals surface area contributed by atoms with Crippen LogP contribution < -0.4 is 14.8 Å². The molecule has 4 rings (SSSR count).